The molecule has 2 heterocycles. The molecule has 0 saturated carbocycles. The number of pyridine rings is 1. The van der Waals surface area contributed by atoms with Crippen LogP contribution >= 0.6 is 0 Å². The van der Waals surface area contributed by atoms with Crippen molar-refractivity contribution < 1.29 is 0 Å². The van der Waals surface area contributed by atoms with Crippen LogP contribution in [0.2, 0.25) is 0 Å². The smallest absolute Gasteiger partial charge is 0.153 e. The average molecular weight is 201 g/mol. The van der Waals surface area contributed by atoms with Gasteiger partial charge in [0.1, 0.15) is 0 Å². The molecule has 0 radical (unpaired) electrons. The van der Waals surface area contributed by atoms with Gasteiger partial charge in [0.05, 0.1) is 6.20 Å². The molecule has 0 aliphatic rings. The van der Waals surface area contributed by atoms with E-state index < -0.39 is 0 Å². The normalized spacial score (nSPS) is 10.5. The largest absolute Gasteiger partial charge is 0.237 e. The SMILES string of the molecule is CCCc1c(C)cnn1-c1ccccn1. The van der Waals surface area contributed by atoms with Gasteiger partial charge in [-0.05, 0) is 31.0 Å². The molecule has 0 amide bonds. The first-order valence-corrected chi connectivity index (χ1v) is 5.28. The summed E-state index contributed by atoms with van der Waals surface area (Å²) in [7, 11) is 0. The lowest BCUT2D eigenvalue weighted by atomic mass is 10.2. The first kappa shape index (κ1) is 9.90. The minimum Gasteiger partial charge on any atom is -0.237 e. The van der Waals surface area contributed by atoms with Gasteiger partial charge in [0.15, 0.2) is 5.82 Å². The Morgan fingerprint density at radius 1 is 1.33 bits per heavy atom. The Hall–Kier alpha value is -1.64. The fourth-order valence-electron chi connectivity index (χ4n) is 1.67. The summed E-state index contributed by atoms with van der Waals surface area (Å²) in [6.45, 7) is 4.27. The summed E-state index contributed by atoms with van der Waals surface area (Å²) in [4.78, 5) is 4.31. The van der Waals surface area contributed by atoms with Crippen LogP contribution in [0.5, 0.6) is 0 Å². The predicted octanol–water partition coefficient (Wildman–Crippen LogP) is 2.53. The second-order valence-electron chi connectivity index (χ2n) is 3.62. The maximum absolute atomic E-state index is 4.36. The topological polar surface area (TPSA) is 30.7 Å². The molecule has 0 aliphatic heterocycles. The van der Waals surface area contributed by atoms with Gasteiger partial charge in [-0.1, -0.05) is 19.4 Å². The van der Waals surface area contributed by atoms with Crippen molar-refractivity contribution in [3.8, 4) is 5.82 Å². The fourth-order valence-corrected chi connectivity index (χ4v) is 1.67. The molecule has 0 aromatic carbocycles. The highest BCUT2D eigenvalue weighted by Crippen LogP contribution is 2.13. The Labute approximate surface area is 89.8 Å². The summed E-state index contributed by atoms with van der Waals surface area (Å²) in [6, 6.07) is 5.88. The third-order valence-electron chi connectivity index (χ3n) is 2.43. The molecule has 15 heavy (non-hydrogen) atoms. The van der Waals surface area contributed by atoms with Crippen molar-refractivity contribution in [1.29, 1.82) is 0 Å². The molecule has 0 fully saturated rings. The van der Waals surface area contributed by atoms with Crippen molar-refractivity contribution in [3.05, 3.63) is 41.9 Å². The first-order valence-electron chi connectivity index (χ1n) is 5.28. The van der Waals surface area contributed by atoms with E-state index in [1.165, 1.54) is 11.3 Å². The van der Waals surface area contributed by atoms with Gasteiger partial charge in [-0.25, -0.2) is 9.67 Å². The molecule has 2 aromatic rings. The van der Waals surface area contributed by atoms with E-state index in [4.69, 9.17) is 0 Å². The van der Waals surface area contributed by atoms with Gasteiger partial charge >= 0.3 is 0 Å². The van der Waals surface area contributed by atoms with Crippen molar-refractivity contribution in [2.75, 3.05) is 0 Å². The van der Waals surface area contributed by atoms with E-state index in [9.17, 15) is 0 Å². The first-order chi connectivity index (χ1) is 7.33. The van der Waals surface area contributed by atoms with Crippen LogP contribution in [-0.4, -0.2) is 14.8 Å². The maximum atomic E-state index is 4.36. The predicted molar refractivity (Wildman–Crippen MR) is 60.1 cm³/mol. The molecule has 0 N–H and O–H groups in total. The van der Waals surface area contributed by atoms with Gasteiger partial charge in [-0.15, -0.1) is 0 Å². The summed E-state index contributed by atoms with van der Waals surface area (Å²) < 4.78 is 1.93. The van der Waals surface area contributed by atoms with Gasteiger partial charge in [0.2, 0.25) is 0 Å². The summed E-state index contributed by atoms with van der Waals surface area (Å²) >= 11 is 0. The van der Waals surface area contributed by atoms with E-state index in [0.29, 0.717) is 0 Å². The Balaban J connectivity index is 2.44. The van der Waals surface area contributed by atoms with Crippen LogP contribution in [0.3, 0.4) is 0 Å². The van der Waals surface area contributed by atoms with Crippen LogP contribution in [0.4, 0.5) is 0 Å². The number of rotatable bonds is 3. The highest BCUT2D eigenvalue weighted by Gasteiger charge is 2.08. The summed E-state index contributed by atoms with van der Waals surface area (Å²) in [6.07, 6.45) is 5.86. The molecule has 0 atom stereocenters. The second kappa shape index (κ2) is 4.26. The molecule has 2 rings (SSSR count). The van der Waals surface area contributed by atoms with Crippen LogP contribution < -0.4 is 0 Å². The van der Waals surface area contributed by atoms with Crippen LogP contribution in [0.15, 0.2) is 30.6 Å². The van der Waals surface area contributed by atoms with Gasteiger partial charge < -0.3 is 0 Å². The van der Waals surface area contributed by atoms with Crippen molar-refractivity contribution in [2.45, 2.75) is 26.7 Å². The lowest BCUT2D eigenvalue weighted by Crippen LogP contribution is -2.04. The van der Waals surface area contributed by atoms with Crippen molar-refractivity contribution >= 4 is 0 Å². The average Bonchev–Trinajstić information content (AvgIpc) is 2.63. The minimum atomic E-state index is 0.897. The van der Waals surface area contributed by atoms with Crippen molar-refractivity contribution in [1.82, 2.24) is 14.8 Å². The molecule has 0 spiro atoms. The molecule has 2 aromatic heterocycles. The monoisotopic (exact) mass is 201 g/mol. The Bertz CT molecular complexity index is 431. The van der Waals surface area contributed by atoms with Gasteiger partial charge in [0.25, 0.3) is 0 Å². The molecular weight excluding hydrogens is 186 g/mol. The quantitative estimate of drug-likeness (QED) is 0.764. The zero-order chi connectivity index (χ0) is 10.7. The Morgan fingerprint density at radius 3 is 2.87 bits per heavy atom. The molecule has 0 saturated heterocycles. The zero-order valence-electron chi connectivity index (χ0n) is 9.14. The number of aromatic nitrogens is 3. The van der Waals surface area contributed by atoms with Gasteiger partial charge in [0, 0.05) is 11.9 Å². The fraction of sp³-hybridized carbons (Fsp3) is 0.333. The van der Waals surface area contributed by atoms with Crippen LogP contribution in [-0.2, 0) is 6.42 Å². The van der Waals surface area contributed by atoms with E-state index in [2.05, 4.69) is 23.9 Å². The van der Waals surface area contributed by atoms with Crippen LogP contribution in [0.25, 0.3) is 5.82 Å². The lowest BCUT2D eigenvalue weighted by Gasteiger charge is -2.05. The molecule has 0 unspecified atom stereocenters. The molecule has 3 nitrogen and oxygen atoms in total. The molecule has 0 bridgehead atoms. The lowest BCUT2D eigenvalue weighted by molar-refractivity contribution is 0.755. The number of hydrogen-bond acceptors (Lipinski definition) is 2. The van der Waals surface area contributed by atoms with E-state index >= 15 is 0 Å². The minimum absolute atomic E-state index is 0.897. The number of nitrogens with zero attached hydrogens (tertiary/aromatic N) is 3. The van der Waals surface area contributed by atoms with Gasteiger partial charge in [-0.2, -0.15) is 5.10 Å². The van der Waals surface area contributed by atoms with E-state index in [0.717, 1.165) is 18.7 Å². The van der Waals surface area contributed by atoms with Crippen LogP contribution in [0.1, 0.15) is 24.6 Å². The molecule has 0 aliphatic carbocycles. The van der Waals surface area contributed by atoms with E-state index in [-0.39, 0.29) is 0 Å². The van der Waals surface area contributed by atoms with Gasteiger partial charge in [-0.3, -0.25) is 0 Å². The summed E-state index contributed by atoms with van der Waals surface area (Å²) in [5, 5.41) is 4.36. The summed E-state index contributed by atoms with van der Waals surface area (Å²) in [5.41, 5.74) is 2.50. The highest BCUT2D eigenvalue weighted by molar-refractivity contribution is 5.28. The summed E-state index contributed by atoms with van der Waals surface area (Å²) in [5.74, 6) is 0.897. The molecule has 3 heteroatoms. The molecular formula is C12H15N3. The Kier molecular flexibility index (Phi) is 2.81. The zero-order valence-corrected chi connectivity index (χ0v) is 9.14. The highest BCUT2D eigenvalue weighted by atomic mass is 15.3. The van der Waals surface area contributed by atoms with Crippen molar-refractivity contribution in [3.63, 3.8) is 0 Å². The third kappa shape index (κ3) is 1.91. The second-order valence-corrected chi connectivity index (χ2v) is 3.62. The maximum Gasteiger partial charge on any atom is 0.153 e. The molecule has 78 valence electrons. The third-order valence-corrected chi connectivity index (χ3v) is 2.43. The number of hydrogen-bond donors (Lipinski definition) is 0. The van der Waals surface area contributed by atoms with Crippen LogP contribution in [0, 0.1) is 6.92 Å². The number of aryl methyl sites for hydroxylation is 1. The van der Waals surface area contributed by atoms with E-state index in [1.54, 1.807) is 6.20 Å². The van der Waals surface area contributed by atoms with Crippen molar-refractivity contribution in [2.24, 2.45) is 0 Å². The van der Waals surface area contributed by atoms with E-state index in [1.807, 2.05) is 29.1 Å². The standard InChI is InChI=1S/C12H15N3/c1-3-6-11-10(2)9-14-15(11)12-7-4-5-8-13-12/h4-5,7-9H,3,6H2,1-2H3. The Morgan fingerprint density at radius 2 is 2.20 bits per heavy atom.